The van der Waals surface area contributed by atoms with Crippen LogP contribution < -0.4 is 5.73 Å². The number of hydrogen-bond acceptors (Lipinski definition) is 2. The van der Waals surface area contributed by atoms with Crippen molar-refractivity contribution in [2.24, 2.45) is 11.1 Å². The average molecular weight is 288 g/mol. The quantitative estimate of drug-likeness (QED) is 0.904. The van der Waals surface area contributed by atoms with Crippen molar-refractivity contribution >= 4 is 5.91 Å². The summed E-state index contributed by atoms with van der Waals surface area (Å²) >= 11 is 0. The number of rotatable bonds is 5. The van der Waals surface area contributed by atoms with Gasteiger partial charge in [0, 0.05) is 18.7 Å². The van der Waals surface area contributed by atoms with Crippen LogP contribution in [0, 0.1) is 5.41 Å². The highest BCUT2D eigenvalue weighted by molar-refractivity contribution is 5.94. The molecule has 1 saturated heterocycles. The second kappa shape index (κ2) is 7.08. The fourth-order valence-corrected chi connectivity index (χ4v) is 3.30. The largest absolute Gasteiger partial charge is 0.339 e. The van der Waals surface area contributed by atoms with Gasteiger partial charge in [-0.1, -0.05) is 38.8 Å². The summed E-state index contributed by atoms with van der Waals surface area (Å²) in [7, 11) is 0. The second-order valence-corrected chi connectivity index (χ2v) is 6.23. The molecular weight excluding hydrogens is 260 g/mol. The van der Waals surface area contributed by atoms with Gasteiger partial charge in [-0.3, -0.25) is 4.79 Å². The second-order valence-electron chi connectivity index (χ2n) is 6.23. The van der Waals surface area contributed by atoms with Crippen molar-refractivity contribution in [3.8, 4) is 0 Å². The molecule has 0 spiro atoms. The lowest BCUT2D eigenvalue weighted by atomic mass is 9.74. The van der Waals surface area contributed by atoms with Crippen LogP contribution in [0.4, 0.5) is 0 Å². The summed E-state index contributed by atoms with van der Waals surface area (Å²) in [6.07, 6.45) is 5.58. The molecule has 1 aromatic rings. The lowest BCUT2D eigenvalue weighted by molar-refractivity contribution is 0.0558. The van der Waals surface area contributed by atoms with Gasteiger partial charge in [-0.15, -0.1) is 0 Å². The first-order chi connectivity index (χ1) is 10.1. The number of nitrogens with two attached hydrogens (primary N) is 1. The van der Waals surface area contributed by atoms with Crippen LogP contribution in [0.3, 0.4) is 0 Å². The number of benzene rings is 1. The van der Waals surface area contributed by atoms with E-state index in [0.717, 1.165) is 37.9 Å². The van der Waals surface area contributed by atoms with E-state index in [2.05, 4.69) is 13.8 Å². The summed E-state index contributed by atoms with van der Waals surface area (Å²) in [5.74, 6) is 0.176. The molecule has 1 fully saturated rings. The Kier molecular flexibility index (Phi) is 5.40. The van der Waals surface area contributed by atoms with E-state index in [9.17, 15) is 4.79 Å². The van der Waals surface area contributed by atoms with Gasteiger partial charge < -0.3 is 10.6 Å². The van der Waals surface area contributed by atoms with Crippen molar-refractivity contribution in [2.45, 2.75) is 46.0 Å². The molecule has 21 heavy (non-hydrogen) atoms. The highest BCUT2D eigenvalue weighted by Gasteiger charge is 2.32. The number of piperidine rings is 1. The van der Waals surface area contributed by atoms with Crippen molar-refractivity contribution < 1.29 is 4.79 Å². The van der Waals surface area contributed by atoms with E-state index in [1.54, 1.807) is 0 Å². The Morgan fingerprint density at radius 3 is 2.19 bits per heavy atom. The predicted octanol–water partition coefficient (Wildman–Crippen LogP) is 3.23. The van der Waals surface area contributed by atoms with Gasteiger partial charge in [0.15, 0.2) is 0 Å². The van der Waals surface area contributed by atoms with Crippen LogP contribution in [0.5, 0.6) is 0 Å². The van der Waals surface area contributed by atoms with Crippen molar-refractivity contribution in [3.05, 3.63) is 35.4 Å². The highest BCUT2D eigenvalue weighted by Crippen LogP contribution is 2.38. The maximum absolute atomic E-state index is 12.6. The Balaban J connectivity index is 1.98. The zero-order chi connectivity index (χ0) is 15.3. The first-order valence-corrected chi connectivity index (χ1v) is 8.22. The van der Waals surface area contributed by atoms with Gasteiger partial charge in [0.1, 0.15) is 0 Å². The molecule has 1 aromatic carbocycles. The van der Waals surface area contributed by atoms with Crippen LogP contribution in [0.25, 0.3) is 0 Å². The molecule has 1 amide bonds. The van der Waals surface area contributed by atoms with Crippen LogP contribution in [0.1, 0.15) is 55.5 Å². The number of hydrogen-bond donors (Lipinski definition) is 1. The summed E-state index contributed by atoms with van der Waals surface area (Å²) in [5.41, 5.74) is 8.01. The van der Waals surface area contributed by atoms with Crippen LogP contribution in [-0.2, 0) is 6.42 Å². The minimum Gasteiger partial charge on any atom is -0.339 e. The van der Waals surface area contributed by atoms with E-state index in [1.807, 2.05) is 29.2 Å². The van der Waals surface area contributed by atoms with Crippen LogP contribution in [-0.4, -0.2) is 30.4 Å². The van der Waals surface area contributed by atoms with E-state index >= 15 is 0 Å². The lowest BCUT2D eigenvalue weighted by Crippen LogP contribution is -2.42. The van der Waals surface area contributed by atoms with Gasteiger partial charge >= 0.3 is 0 Å². The topological polar surface area (TPSA) is 46.3 Å². The van der Waals surface area contributed by atoms with Gasteiger partial charge in [-0.25, -0.2) is 0 Å². The number of carbonyl (C=O) groups excluding carboxylic acids is 1. The zero-order valence-electron chi connectivity index (χ0n) is 13.4. The summed E-state index contributed by atoms with van der Waals surface area (Å²) in [5, 5.41) is 0. The Bertz CT molecular complexity index is 453. The molecule has 0 bridgehead atoms. The first kappa shape index (κ1) is 16.0. The molecule has 0 unspecified atom stereocenters. The van der Waals surface area contributed by atoms with Gasteiger partial charge in [-0.05, 0) is 48.9 Å². The first-order valence-electron chi connectivity index (χ1n) is 8.22. The third kappa shape index (κ3) is 3.65. The molecule has 1 aliphatic heterocycles. The molecule has 0 aliphatic carbocycles. The molecule has 0 atom stereocenters. The maximum atomic E-state index is 12.6. The van der Waals surface area contributed by atoms with Crippen molar-refractivity contribution in [3.63, 3.8) is 0 Å². The summed E-state index contributed by atoms with van der Waals surface area (Å²) in [6, 6.07) is 7.92. The summed E-state index contributed by atoms with van der Waals surface area (Å²) in [6.45, 7) is 6.99. The number of nitrogens with zero attached hydrogens (tertiary/aromatic N) is 1. The highest BCUT2D eigenvalue weighted by atomic mass is 16.2. The van der Waals surface area contributed by atoms with Gasteiger partial charge in [0.25, 0.3) is 5.91 Å². The molecule has 0 radical (unpaired) electrons. The molecule has 1 aliphatic rings. The lowest BCUT2D eigenvalue weighted by Gasteiger charge is -2.41. The van der Waals surface area contributed by atoms with Gasteiger partial charge in [-0.2, -0.15) is 0 Å². The number of amides is 1. The maximum Gasteiger partial charge on any atom is 0.253 e. The van der Waals surface area contributed by atoms with Gasteiger partial charge in [0.05, 0.1) is 0 Å². The third-order valence-corrected chi connectivity index (χ3v) is 5.25. The van der Waals surface area contributed by atoms with Crippen LogP contribution in [0.15, 0.2) is 24.3 Å². The van der Waals surface area contributed by atoms with Crippen LogP contribution in [0.2, 0.25) is 0 Å². The van der Waals surface area contributed by atoms with E-state index < -0.39 is 0 Å². The molecule has 0 aromatic heterocycles. The smallest absolute Gasteiger partial charge is 0.253 e. The van der Waals surface area contributed by atoms with E-state index in [4.69, 9.17) is 5.73 Å². The Morgan fingerprint density at radius 2 is 1.71 bits per heavy atom. The molecule has 3 nitrogen and oxygen atoms in total. The minimum absolute atomic E-state index is 0.176. The zero-order valence-corrected chi connectivity index (χ0v) is 13.4. The standard InChI is InChI=1S/C18H28N2O/c1-3-18(4-2)10-13-20(14-11-18)17(21)16-7-5-15(6-8-16)9-12-19/h5-8H,3-4,9-14,19H2,1-2H3. The third-order valence-electron chi connectivity index (χ3n) is 5.25. The fraction of sp³-hybridized carbons (Fsp3) is 0.611. The molecule has 2 N–H and O–H groups in total. The van der Waals surface area contributed by atoms with Crippen molar-refractivity contribution in [1.82, 2.24) is 4.90 Å². The summed E-state index contributed by atoms with van der Waals surface area (Å²) in [4.78, 5) is 14.6. The van der Waals surface area contributed by atoms with Crippen molar-refractivity contribution in [2.75, 3.05) is 19.6 Å². The normalized spacial score (nSPS) is 17.8. The SMILES string of the molecule is CCC1(CC)CCN(C(=O)c2ccc(CCN)cc2)CC1. The van der Waals surface area contributed by atoms with E-state index in [-0.39, 0.29) is 5.91 Å². The van der Waals surface area contributed by atoms with E-state index in [1.165, 1.54) is 18.4 Å². The van der Waals surface area contributed by atoms with Gasteiger partial charge in [0.2, 0.25) is 0 Å². The van der Waals surface area contributed by atoms with E-state index in [0.29, 0.717) is 12.0 Å². The monoisotopic (exact) mass is 288 g/mol. The Morgan fingerprint density at radius 1 is 1.14 bits per heavy atom. The fourth-order valence-electron chi connectivity index (χ4n) is 3.30. The predicted molar refractivity (Wildman–Crippen MR) is 87.4 cm³/mol. The molecule has 2 rings (SSSR count). The molecular formula is C18H28N2O. The molecule has 3 heteroatoms. The summed E-state index contributed by atoms with van der Waals surface area (Å²) < 4.78 is 0. The number of carbonyl (C=O) groups is 1. The minimum atomic E-state index is 0.176. The Labute approximate surface area is 128 Å². The van der Waals surface area contributed by atoms with Crippen LogP contribution >= 0.6 is 0 Å². The Hall–Kier alpha value is -1.35. The number of likely N-dealkylation sites (tertiary alicyclic amines) is 1. The molecule has 116 valence electrons. The average Bonchev–Trinajstić information content (AvgIpc) is 2.55. The molecule has 0 saturated carbocycles. The van der Waals surface area contributed by atoms with Crippen molar-refractivity contribution in [1.29, 1.82) is 0 Å². The molecule has 1 heterocycles.